The molecule has 0 aromatic heterocycles. The minimum absolute atomic E-state index is 0. The van der Waals surface area contributed by atoms with Crippen molar-refractivity contribution in [3.8, 4) is 11.5 Å². The summed E-state index contributed by atoms with van der Waals surface area (Å²) in [5.41, 5.74) is 1.82. The van der Waals surface area contributed by atoms with Gasteiger partial charge in [-0.15, -0.1) is 0 Å². The molecule has 0 unspecified atom stereocenters. The zero-order chi connectivity index (χ0) is 15.8. The van der Waals surface area contributed by atoms with Gasteiger partial charge < -0.3 is 20.1 Å². The molecule has 2 aromatic rings. The Bertz CT molecular complexity index is 549. The van der Waals surface area contributed by atoms with Gasteiger partial charge in [0, 0.05) is 52.2 Å². The van der Waals surface area contributed by atoms with Crippen LogP contribution in [0.3, 0.4) is 0 Å². The number of ether oxygens (including phenoxy) is 2. The van der Waals surface area contributed by atoms with Gasteiger partial charge in [0.25, 0.3) is 0 Å². The van der Waals surface area contributed by atoms with E-state index in [-0.39, 0.29) is 40.8 Å². The van der Waals surface area contributed by atoms with Crippen LogP contribution >= 0.6 is 12.2 Å². The summed E-state index contributed by atoms with van der Waals surface area (Å²) >= 11 is 5.30. The molecule has 0 aliphatic rings. The number of hydrogen-bond acceptors (Lipinski definition) is 3. The molecule has 0 fully saturated rings. The van der Waals surface area contributed by atoms with Crippen molar-refractivity contribution in [1.29, 1.82) is 0 Å². The van der Waals surface area contributed by atoms with E-state index in [1.54, 1.807) is 0 Å². The molecular weight excluding hydrogens is 441 g/mol. The molecule has 4 nitrogen and oxygen atoms in total. The molecule has 0 spiro atoms. The van der Waals surface area contributed by atoms with Gasteiger partial charge >= 0.3 is 0 Å². The minimum atomic E-state index is 0. The van der Waals surface area contributed by atoms with Crippen molar-refractivity contribution in [2.24, 2.45) is 0 Å². The number of rotatable bonds is 6. The number of nitrogens with one attached hydrogen (secondary N) is 2. The third-order valence-corrected chi connectivity index (χ3v) is 3.05. The summed E-state index contributed by atoms with van der Waals surface area (Å²) in [5.74, 6) is 1.69. The van der Waals surface area contributed by atoms with Gasteiger partial charge in [-0.2, -0.15) is 0 Å². The molecule has 2 N–H and O–H groups in total. The van der Waals surface area contributed by atoms with Crippen molar-refractivity contribution >= 4 is 28.7 Å². The third kappa shape index (κ3) is 7.01. The first-order valence-electron chi connectivity index (χ1n) is 7.25. The number of benzene rings is 2. The second kappa shape index (κ2) is 10.8. The van der Waals surface area contributed by atoms with Crippen LogP contribution in [0.2, 0.25) is 0 Å². The fraction of sp³-hybridized carbons (Fsp3) is 0.235. The van der Waals surface area contributed by atoms with Gasteiger partial charge in [0.05, 0.1) is 13.2 Å². The molecule has 0 heterocycles. The molecule has 6 heteroatoms. The summed E-state index contributed by atoms with van der Waals surface area (Å²) in [6, 6.07) is 15.3. The average molecular weight is 461 g/mol. The molecule has 2 rings (SSSR count). The first kappa shape index (κ1) is 20.1. The molecule has 0 saturated carbocycles. The zero-order valence-corrected chi connectivity index (χ0v) is 17.3. The molecule has 0 aliphatic carbocycles. The van der Waals surface area contributed by atoms with E-state index in [0.717, 1.165) is 22.9 Å². The fourth-order valence-electron chi connectivity index (χ4n) is 1.90. The van der Waals surface area contributed by atoms with Crippen LogP contribution < -0.4 is 20.1 Å². The largest absolute Gasteiger partial charge is 0.494 e. The van der Waals surface area contributed by atoms with E-state index in [1.165, 1.54) is 0 Å². The van der Waals surface area contributed by atoms with Crippen molar-refractivity contribution in [2.45, 2.75) is 13.8 Å². The minimum Gasteiger partial charge on any atom is -0.494 e. The summed E-state index contributed by atoms with van der Waals surface area (Å²) in [4.78, 5) is 0. The monoisotopic (exact) mass is 458 g/mol. The van der Waals surface area contributed by atoms with E-state index < -0.39 is 0 Å². The first-order chi connectivity index (χ1) is 10.7. The van der Waals surface area contributed by atoms with Crippen molar-refractivity contribution in [1.82, 2.24) is 0 Å². The Hall–Kier alpha value is -0.919. The zero-order valence-electron chi connectivity index (χ0n) is 13.3. The molecule has 2 aromatic carbocycles. The van der Waals surface area contributed by atoms with Gasteiger partial charge in [0.2, 0.25) is 0 Å². The average Bonchev–Trinajstić information content (AvgIpc) is 2.52. The Kier molecular flexibility index (Phi) is 9.43. The quantitative estimate of drug-likeness (QED) is 0.630. The Labute approximate surface area is 175 Å². The van der Waals surface area contributed by atoms with Gasteiger partial charge in [-0.25, -0.2) is 0 Å². The summed E-state index contributed by atoms with van der Waals surface area (Å²) in [6.45, 7) is 5.24. The van der Waals surface area contributed by atoms with Gasteiger partial charge in [-0.1, -0.05) is 0 Å². The Morgan fingerprint density at radius 3 is 1.43 bits per heavy atom. The summed E-state index contributed by atoms with van der Waals surface area (Å²) in [5, 5.41) is 6.80. The van der Waals surface area contributed by atoms with Crippen LogP contribution in [0.1, 0.15) is 13.8 Å². The SMILES string of the molecule is CCOc1ccc(NC(=S)Nc2ccc(OCC)cc2)cc1.[Nd]. The first-order valence-corrected chi connectivity index (χ1v) is 7.65. The standard InChI is InChI=1S/C17H20N2O2S.Nd/c1-3-20-15-9-5-13(6-10-15)18-17(22)19-14-7-11-16(12-8-14)21-4-2;/h5-12H,3-4H2,1-2H3,(H2,18,19,22);. The van der Waals surface area contributed by atoms with Crippen LogP contribution in [0.5, 0.6) is 11.5 Å². The maximum Gasteiger partial charge on any atom is 0.175 e. The van der Waals surface area contributed by atoms with Crippen LogP contribution in [-0.2, 0) is 0 Å². The molecule has 0 aliphatic heterocycles. The Morgan fingerprint density at radius 1 is 0.783 bits per heavy atom. The number of hydrogen-bond donors (Lipinski definition) is 2. The third-order valence-electron chi connectivity index (χ3n) is 2.85. The number of anilines is 2. The Balaban J connectivity index is 0.00000264. The fourth-order valence-corrected chi connectivity index (χ4v) is 2.13. The topological polar surface area (TPSA) is 42.5 Å². The predicted octanol–water partition coefficient (Wildman–Crippen LogP) is 4.29. The molecular formula is C17H20N2NdO2S. The smallest absolute Gasteiger partial charge is 0.175 e. The van der Waals surface area contributed by atoms with Crippen LogP contribution in [0, 0.1) is 40.8 Å². The van der Waals surface area contributed by atoms with Gasteiger partial charge in [0.15, 0.2) is 5.11 Å². The summed E-state index contributed by atoms with van der Waals surface area (Å²) in [6.07, 6.45) is 0. The molecule has 0 saturated heterocycles. The number of thiocarbonyl (C=S) groups is 1. The molecule has 0 amide bonds. The predicted molar refractivity (Wildman–Crippen MR) is 95.1 cm³/mol. The van der Waals surface area contributed by atoms with Gasteiger partial charge in [0.1, 0.15) is 11.5 Å². The van der Waals surface area contributed by atoms with E-state index in [4.69, 9.17) is 21.7 Å². The van der Waals surface area contributed by atoms with Gasteiger partial charge in [-0.05, 0) is 74.6 Å². The van der Waals surface area contributed by atoms with Crippen molar-refractivity contribution in [2.75, 3.05) is 23.8 Å². The van der Waals surface area contributed by atoms with E-state index >= 15 is 0 Å². The van der Waals surface area contributed by atoms with Crippen LogP contribution in [0.15, 0.2) is 48.5 Å². The molecule has 23 heavy (non-hydrogen) atoms. The van der Waals surface area contributed by atoms with E-state index in [2.05, 4.69) is 10.6 Å². The van der Waals surface area contributed by atoms with Crippen LogP contribution in [-0.4, -0.2) is 18.3 Å². The molecule has 0 bridgehead atoms. The van der Waals surface area contributed by atoms with Crippen molar-refractivity contribution in [3.05, 3.63) is 48.5 Å². The van der Waals surface area contributed by atoms with Crippen molar-refractivity contribution < 1.29 is 50.3 Å². The molecule has 0 atom stereocenters. The molecule has 120 valence electrons. The van der Waals surface area contributed by atoms with Crippen LogP contribution in [0.25, 0.3) is 0 Å². The normalized spacial score (nSPS) is 9.48. The van der Waals surface area contributed by atoms with E-state index in [9.17, 15) is 0 Å². The summed E-state index contributed by atoms with van der Waals surface area (Å²) in [7, 11) is 0. The van der Waals surface area contributed by atoms with Crippen molar-refractivity contribution in [3.63, 3.8) is 0 Å². The van der Waals surface area contributed by atoms with Crippen LogP contribution in [0.4, 0.5) is 11.4 Å². The maximum atomic E-state index is 5.40. The van der Waals surface area contributed by atoms with E-state index in [0.29, 0.717) is 18.3 Å². The Morgan fingerprint density at radius 2 is 1.13 bits per heavy atom. The summed E-state index contributed by atoms with van der Waals surface area (Å²) < 4.78 is 10.8. The van der Waals surface area contributed by atoms with E-state index in [1.807, 2.05) is 62.4 Å². The maximum absolute atomic E-state index is 5.40. The molecule has 0 radical (unpaired) electrons. The second-order valence-corrected chi connectivity index (χ2v) is 4.90. The second-order valence-electron chi connectivity index (χ2n) is 4.49. The van der Waals surface area contributed by atoms with Gasteiger partial charge in [-0.3, -0.25) is 0 Å².